The second-order valence-corrected chi connectivity index (χ2v) is 6.84. The summed E-state index contributed by atoms with van der Waals surface area (Å²) in [6.07, 6.45) is 0.0920. The van der Waals surface area contributed by atoms with Gasteiger partial charge in [0.05, 0.1) is 24.3 Å². The number of hydrogen-bond acceptors (Lipinski definition) is 5. The maximum absolute atomic E-state index is 12.5. The van der Waals surface area contributed by atoms with E-state index in [1.807, 2.05) is 6.07 Å². The number of thiophene rings is 1. The molecule has 0 radical (unpaired) electrons. The zero-order chi connectivity index (χ0) is 18.0. The molecule has 2 amide bonds. The Labute approximate surface area is 153 Å². The molecule has 1 fully saturated rings. The van der Waals surface area contributed by atoms with Crippen molar-refractivity contribution in [3.05, 3.63) is 40.2 Å². The average molecular weight is 376 g/mol. The third-order valence-electron chi connectivity index (χ3n) is 3.95. The number of nitriles is 1. The molecule has 0 bridgehead atoms. The van der Waals surface area contributed by atoms with E-state index in [-0.39, 0.29) is 24.8 Å². The molecule has 1 aromatic heterocycles. The molecule has 8 heteroatoms. The molecular weight excluding hydrogens is 362 g/mol. The third-order valence-corrected chi connectivity index (χ3v) is 5.01. The Morgan fingerprint density at radius 1 is 1.48 bits per heavy atom. The Morgan fingerprint density at radius 3 is 3.00 bits per heavy atom. The van der Waals surface area contributed by atoms with Crippen molar-refractivity contribution in [1.29, 1.82) is 5.26 Å². The number of nitrogens with zero attached hydrogens (tertiary/aromatic N) is 2. The molecule has 25 heavy (non-hydrogen) atoms. The van der Waals surface area contributed by atoms with E-state index in [1.165, 1.54) is 23.3 Å². The number of benzene rings is 1. The van der Waals surface area contributed by atoms with Gasteiger partial charge >= 0.3 is 0 Å². The van der Waals surface area contributed by atoms with Crippen LogP contribution in [0.2, 0.25) is 5.02 Å². The Kier molecular flexibility index (Phi) is 4.93. The van der Waals surface area contributed by atoms with Crippen LogP contribution in [0.25, 0.3) is 0 Å². The summed E-state index contributed by atoms with van der Waals surface area (Å²) in [5, 5.41) is 14.5. The highest BCUT2D eigenvalue weighted by atomic mass is 35.5. The monoisotopic (exact) mass is 375 g/mol. The quantitative estimate of drug-likeness (QED) is 0.889. The van der Waals surface area contributed by atoms with E-state index in [4.69, 9.17) is 21.6 Å². The molecule has 1 aliphatic heterocycles. The van der Waals surface area contributed by atoms with Crippen molar-refractivity contribution >= 4 is 45.4 Å². The van der Waals surface area contributed by atoms with Crippen molar-refractivity contribution in [2.45, 2.75) is 6.42 Å². The van der Waals surface area contributed by atoms with Gasteiger partial charge in [-0.15, -0.1) is 11.3 Å². The number of ether oxygens (including phenoxy) is 1. The zero-order valence-corrected chi connectivity index (χ0v) is 14.9. The smallest absolute Gasteiger partial charge is 0.230 e. The van der Waals surface area contributed by atoms with Gasteiger partial charge in [0, 0.05) is 18.0 Å². The van der Waals surface area contributed by atoms with Crippen LogP contribution in [0.3, 0.4) is 0 Å². The number of hydrogen-bond donors (Lipinski definition) is 1. The molecule has 6 nitrogen and oxygen atoms in total. The van der Waals surface area contributed by atoms with Crippen molar-refractivity contribution in [2.75, 3.05) is 23.9 Å². The average Bonchev–Trinajstić information content (AvgIpc) is 3.20. The molecule has 1 N–H and O–H groups in total. The molecule has 0 spiro atoms. The summed E-state index contributed by atoms with van der Waals surface area (Å²) in [6, 6.07) is 8.67. The molecule has 128 valence electrons. The van der Waals surface area contributed by atoms with Crippen molar-refractivity contribution in [3.8, 4) is 11.8 Å². The van der Waals surface area contributed by atoms with Crippen molar-refractivity contribution < 1.29 is 14.3 Å². The number of rotatable bonds is 4. The zero-order valence-electron chi connectivity index (χ0n) is 13.3. The molecule has 3 rings (SSSR count). The van der Waals surface area contributed by atoms with Crippen molar-refractivity contribution in [3.63, 3.8) is 0 Å². The number of carbonyl (C=O) groups is 2. The Morgan fingerprint density at radius 2 is 2.28 bits per heavy atom. The number of nitrogens with one attached hydrogen (secondary N) is 1. The number of methoxy groups -OCH3 is 1. The lowest BCUT2D eigenvalue weighted by atomic mass is 10.1. The molecule has 2 aromatic rings. The Bertz CT molecular complexity index is 874. The van der Waals surface area contributed by atoms with Gasteiger partial charge in [-0.3, -0.25) is 9.59 Å². The van der Waals surface area contributed by atoms with E-state index in [9.17, 15) is 9.59 Å². The van der Waals surface area contributed by atoms with Gasteiger partial charge in [-0.1, -0.05) is 11.6 Å². The highest BCUT2D eigenvalue weighted by Crippen LogP contribution is 2.35. The minimum Gasteiger partial charge on any atom is -0.495 e. The number of carbonyl (C=O) groups excluding carboxylic acids is 2. The van der Waals surface area contributed by atoms with Crippen LogP contribution in [0.5, 0.6) is 5.75 Å². The number of anilines is 2. The van der Waals surface area contributed by atoms with Gasteiger partial charge in [-0.25, -0.2) is 0 Å². The highest BCUT2D eigenvalue weighted by molar-refractivity contribution is 7.14. The lowest BCUT2D eigenvalue weighted by molar-refractivity contribution is -0.122. The van der Waals surface area contributed by atoms with Crippen LogP contribution in [0.15, 0.2) is 29.6 Å². The summed E-state index contributed by atoms with van der Waals surface area (Å²) >= 11 is 7.30. The predicted molar refractivity (Wildman–Crippen MR) is 96.1 cm³/mol. The van der Waals surface area contributed by atoms with Gasteiger partial charge in [0.25, 0.3) is 0 Å². The van der Waals surface area contributed by atoms with Crippen LogP contribution >= 0.6 is 22.9 Å². The molecule has 1 atom stereocenters. The highest BCUT2D eigenvalue weighted by Gasteiger charge is 2.36. The first kappa shape index (κ1) is 17.3. The van der Waals surface area contributed by atoms with E-state index < -0.39 is 5.92 Å². The fourth-order valence-corrected chi connectivity index (χ4v) is 3.60. The SMILES string of the molecule is COc1ccc(Cl)cc1N1CC(C(=O)Nc2sccc2C#N)CC1=O. The van der Waals surface area contributed by atoms with Crippen LogP contribution in [-0.4, -0.2) is 25.5 Å². The number of halogens is 1. The molecule has 1 aliphatic rings. The van der Waals surface area contributed by atoms with Crippen LogP contribution in [0, 0.1) is 17.2 Å². The lowest BCUT2D eigenvalue weighted by Crippen LogP contribution is -2.28. The molecule has 0 aliphatic carbocycles. The second kappa shape index (κ2) is 7.13. The second-order valence-electron chi connectivity index (χ2n) is 5.49. The lowest BCUT2D eigenvalue weighted by Gasteiger charge is -2.19. The maximum Gasteiger partial charge on any atom is 0.230 e. The van der Waals surface area contributed by atoms with Gasteiger partial charge in [-0.05, 0) is 29.6 Å². The van der Waals surface area contributed by atoms with Gasteiger partial charge in [0.15, 0.2) is 0 Å². The van der Waals surface area contributed by atoms with E-state index in [1.54, 1.807) is 29.6 Å². The fourth-order valence-electron chi connectivity index (χ4n) is 2.70. The van der Waals surface area contributed by atoms with Gasteiger partial charge in [-0.2, -0.15) is 5.26 Å². The molecule has 1 saturated heterocycles. The largest absolute Gasteiger partial charge is 0.495 e. The van der Waals surface area contributed by atoms with Gasteiger partial charge < -0.3 is 15.0 Å². The third kappa shape index (κ3) is 3.45. The predicted octanol–water partition coefficient (Wildman–Crippen LogP) is 3.27. The molecular formula is C17H14ClN3O3S. The maximum atomic E-state index is 12.5. The summed E-state index contributed by atoms with van der Waals surface area (Å²) in [7, 11) is 1.51. The first-order valence-electron chi connectivity index (χ1n) is 7.46. The number of amides is 2. The normalized spacial score (nSPS) is 16.6. The van der Waals surface area contributed by atoms with E-state index in [0.29, 0.717) is 27.0 Å². The van der Waals surface area contributed by atoms with Crippen molar-refractivity contribution in [1.82, 2.24) is 0 Å². The fraction of sp³-hybridized carbons (Fsp3) is 0.235. The van der Waals surface area contributed by atoms with Crippen LogP contribution < -0.4 is 15.0 Å². The Hall–Kier alpha value is -2.56. The molecule has 1 aromatic carbocycles. The summed E-state index contributed by atoms with van der Waals surface area (Å²) in [4.78, 5) is 26.4. The van der Waals surface area contributed by atoms with E-state index in [2.05, 4.69) is 5.32 Å². The first-order chi connectivity index (χ1) is 12.0. The summed E-state index contributed by atoms with van der Waals surface area (Å²) in [5.74, 6) is -0.447. The van der Waals surface area contributed by atoms with Crippen LogP contribution in [-0.2, 0) is 9.59 Å². The van der Waals surface area contributed by atoms with Crippen LogP contribution in [0.4, 0.5) is 10.7 Å². The standard InChI is InChI=1S/C17H14ClN3O3S/c1-24-14-3-2-12(18)7-13(14)21-9-11(6-15(21)22)16(23)20-17-10(8-19)4-5-25-17/h2-5,7,11H,6,9H2,1H3,(H,20,23). The summed E-state index contributed by atoms with van der Waals surface area (Å²) < 4.78 is 5.28. The van der Waals surface area contributed by atoms with Gasteiger partial charge in [0.2, 0.25) is 11.8 Å². The minimum atomic E-state index is -0.509. The first-order valence-corrected chi connectivity index (χ1v) is 8.71. The molecule has 1 unspecified atom stereocenters. The van der Waals surface area contributed by atoms with Gasteiger partial charge in [0.1, 0.15) is 16.8 Å². The van der Waals surface area contributed by atoms with Crippen molar-refractivity contribution in [2.24, 2.45) is 5.92 Å². The van der Waals surface area contributed by atoms with E-state index >= 15 is 0 Å². The molecule has 2 heterocycles. The Balaban J connectivity index is 1.78. The van der Waals surface area contributed by atoms with E-state index in [0.717, 1.165) is 0 Å². The minimum absolute atomic E-state index is 0.0920. The summed E-state index contributed by atoms with van der Waals surface area (Å²) in [5.41, 5.74) is 0.958. The topological polar surface area (TPSA) is 82.4 Å². The molecule has 0 saturated carbocycles. The van der Waals surface area contributed by atoms with Crippen LogP contribution in [0.1, 0.15) is 12.0 Å². The summed E-state index contributed by atoms with van der Waals surface area (Å²) in [6.45, 7) is 0.231.